The van der Waals surface area contributed by atoms with Gasteiger partial charge in [-0.3, -0.25) is 4.79 Å². The topological polar surface area (TPSA) is 43.1 Å². The van der Waals surface area contributed by atoms with Crippen molar-refractivity contribution >= 4 is 34.8 Å². The minimum absolute atomic E-state index is 0.0903. The number of nitrogens with two attached hydrogens (primary N) is 1. The number of hydrogen-bond donors (Lipinski definition) is 1. The lowest BCUT2D eigenvalue weighted by atomic mass is 10.0. The summed E-state index contributed by atoms with van der Waals surface area (Å²) in [6, 6.07) is 24.7. The number of rotatable bonds is 6. The lowest BCUT2D eigenvalue weighted by molar-refractivity contribution is 0.0982. The van der Waals surface area contributed by atoms with Crippen LogP contribution in [0.4, 0.5) is 5.69 Å². The molecule has 2 N–H and O–H groups in total. The maximum Gasteiger partial charge on any atom is 0.164 e. The molecule has 0 radical (unpaired) electrons. The lowest BCUT2D eigenvalue weighted by Gasteiger charge is -2.19. The summed E-state index contributed by atoms with van der Waals surface area (Å²) in [5.41, 5.74) is 8.45. The first kappa shape index (κ1) is 17.6. The number of para-hydroxylation sites is 1. The van der Waals surface area contributed by atoms with Gasteiger partial charge in [0.1, 0.15) is 0 Å². The van der Waals surface area contributed by atoms with Gasteiger partial charge in [-0.1, -0.05) is 72.3 Å². The van der Waals surface area contributed by atoms with E-state index >= 15 is 0 Å². The molecule has 0 aliphatic heterocycles. The van der Waals surface area contributed by atoms with Gasteiger partial charge < -0.3 is 5.73 Å². The van der Waals surface area contributed by atoms with E-state index in [2.05, 4.69) is 0 Å². The molecule has 0 bridgehead atoms. The van der Waals surface area contributed by atoms with Crippen molar-refractivity contribution in [2.45, 2.75) is 16.6 Å². The van der Waals surface area contributed by atoms with Crippen LogP contribution in [0.1, 0.15) is 27.6 Å². The van der Waals surface area contributed by atoms with Crippen LogP contribution in [0, 0.1) is 0 Å². The van der Waals surface area contributed by atoms with Crippen LogP contribution in [-0.4, -0.2) is 5.78 Å². The van der Waals surface area contributed by atoms with Crippen molar-refractivity contribution in [3.8, 4) is 0 Å². The molecule has 1 atom stereocenters. The van der Waals surface area contributed by atoms with Crippen LogP contribution in [0.2, 0.25) is 5.02 Å². The molecule has 0 spiro atoms. The number of benzene rings is 3. The second kappa shape index (κ2) is 8.24. The quantitative estimate of drug-likeness (QED) is 0.328. The smallest absolute Gasteiger partial charge is 0.164 e. The highest BCUT2D eigenvalue weighted by Crippen LogP contribution is 2.43. The molecule has 126 valence electrons. The molecule has 0 fully saturated rings. The SMILES string of the molecule is Nc1ccccc1S[C@@H](CC(=O)c1ccccc1)c1ccccc1Cl. The molecule has 0 heterocycles. The number of Topliss-reactive ketones (excluding diaryl/α,β-unsaturated/α-hetero) is 1. The number of carbonyl (C=O) groups excluding carboxylic acids is 1. The molecule has 0 aromatic heterocycles. The van der Waals surface area contributed by atoms with Crippen molar-refractivity contribution in [2.75, 3.05) is 5.73 Å². The molecular weight excluding hydrogens is 350 g/mol. The molecule has 0 amide bonds. The Bertz CT molecular complexity index is 867. The molecule has 0 aliphatic rings. The number of thioether (sulfide) groups is 1. The Kier molecular flexibility index (Phi) is 5.79. The summed E-state index contributed by atoms with van der Waals surface area (Å²) in [6.45, 7) is 0. The number of ketones is 1. The van der Waals surface area contributed by atoms with Gasteiger partial charge in [0, 0.05) is 32.8 Å². The van der Waals surface area contributed by atoms with E-state index in [0.29, 0.717) is 22.7 Å². The summed E-state index contributed by atoms with van der Waals surface area (Å²) >= 11 is 7.97. The van der Waals surface area contributed by atoms with Gasteiger partial charge in [-0.25, -0.2) is 0 Å². The summed E-state index contributed by atoms with van der Waals surface area (Å²) in [6.07, 6.45) is 0.354. The first-order chi connectivity index (χ1) is 12.1. The Hall–Kier alpha value is -2.23. The number of anilines is 1. The average molecular weight is 368 g/mol. The first-order valence-corrected chi connectivity index (χ1v) is 9.25. The molecule has 2 nitrogen and oxygen atoms in total. The molecule has 0 unspecified atom stereocenters. The summed E-state index contributed by atoms with van der Waals surface area (Å²) in [4.78, 5) is 13.7. The molecule has 4 heteroatoms. The van der Waals surface area contributed by atoms with Crippen LogP contribution in [-0.2, 0) is 0 Å². The molecular formula is C21H18ClNOS. The van der Waals surface area contributed by atoms with Gasteiger partial charge >= 0.3 is 0 Å². The molecule has 0 aliphatic carbocycles. The fraction of sp³-hybridized carbons (Fsp3) is 0.0952. The van der Waals surface area contributed by atoms with Crippen molar-refractivity contribution in [2.24, 2.45) is 0 Å². The maximum atomic E-state index is 12.7. The predicted molar refractivity (Wildman–Crippen MR) is 106 cm³/mol. The highest BCUT2D eigenvalue weighted by atomic mass is 35.5. The minimum Gasteiger partial charge on any atom is -0.398 e. The standard InChI is InChI=1S/C21H18ClNOS/c22-17-11-5-4-10-16(17)21(25-20-13-7-6-12-18(20)23)14-19(24)15-8-2-1-3-9-15/h1-13,21H,14,23H2/t21-/m0/s1. The molecule has 3 aromatic carbocycles. The van der Waals surface area contributed by atoms with Crippen molar-refractivity contribution in [1.82, 2.24) is 0 Å². The summed E-state index contributed by atoms with van der Waals surface area (Å²) in [7, 11) is 0. The van der Waals surface area contributed by atoms with Crippen LogP contribution in [0.3, 0.4) is 0 Å². The van der Waals surface area contributed by atoms with E-state index in [1.54, 1.807) is 11.8 Å². The fourth-order valence-corrected chi connectivity index (χ4v) is 4.17. The van der Waals surface area contributed by atoms with Crippen molar-refractivity contribution in [3.63, 3.8) is 0 Å². The van der Waals surface area contributed by atoms with Crippen LogP contribution >= 0.6 is 23.4 Å². The van der Waals surface area contributed by atoms with Crippen LogP contribution < -0.4 is 5.73 Å². The zero-order valence-electron chi connectivity index (χ0n) is 13.6. The predicted octanol–water partition coefficient (Wildman–Crippen LogP) is 6.03. The van der Waals surface area contributed by atoms with Gasteiger partial charge in [-0.2, -0.15) is 0 Å². The molecule has 0 saturated heterocycles. The second-order valence-electron chi connectivity index (χ2n) is 5.66. The van der Waals surface area contributed by atoms with E-state index in [-0.39, 0.29) is 11.0 Å². The third-order valence-electron chi connectivity index (χ3n) is 3.91. The third kappa shape index (κ3) is 4.44. The monoisotopic (exact) mass is 367 g/mol. The highest BCUT2D eigenvalue weighted by Gasteiger charge is 2.21. The summed E-state index contributed by atoms with van der Waals surface area (Å²) < 4.78 is 0. The van der Waals surface area contributed by atoms with Gasteiger partial charge in [-0.05, 0) is 23.8 Å². The van der Waals surface area contributed by atoms with E-state index in [9.17, 15) is 4.79 Å². The van der Waals surface area contributed by atoms with E-state index in [1.807, 2.05) is 78.9 Å². The molecule has 0 saturated carbocycles. The van der Waals surface area contributed by atoms with Gasteiger partial charge in [0.2, 0.25) is 0 Å². The van der Waals surface area contributed by atoms with Crippen molar-refractivity contribution in [3.05, 3.63) is 95.0 Å². The Morgan fingerprint density at radius 1 is 0.920 bits per heavy atom. The Morgan fingerprint density at radius 3 is 2.28 bits per heavy atom. The minimum atomic E-state index is -0.105. The van der Waals surface area contributed by atoms with Crippen LogP contribution in [0.15, 0.2) is 83.8 Å². The first-order valence-electron chi connectivity index (χ1n) is 7.99. The normalized spacial score (nSPS) is 11.9. The number of halogens is 1. The maximum absolute atomic E-state index is 12.7. The van der Waals surface area contributed by atoms with E-state index < -0.39 is 0 Å². The Balaban J connectivity index is 1.91. The fourth-order valence-electron chi connectivity index (χ4n) is 2.60. The highest BCUT2D eigenvalue weighted by molar-refractivity contribution is 7.99. The zero-order valence-corrected chi connectivity index (χ0v) is 15.1. The Morgan fingerprint density at radius 2 is 1.56 bits per heavy atom. The average Bonchev–Trinajstić information content (AvgIpc) is 2.64. The second-order valence-corrected chi connectivity index (χ2v) is 7.31. The lowest BCUT2D eigenvalue weighted by Crippen LogP contribution is -2.06. The molecule has 25 heavy (non-hydrogen) atoms. The zero-order chi connectivity index (χ0) is 17.6. The van der Waals surface area contributed by atoms with Crippen molar-refractivity contribution in [1.29, 1.82) is 0 Å². The largest absolute Gasteiger partial charge is 0.398 e. The number of hydrogen-bond acceptors (Lipinski definition) is 3. The molecule has 3 rings (SSSR count). The van der Waals surface area contributed by atoms with Crippen molar-refractivity contribution < 1.29 is 4.79 Å². The van der Waals surface area contributed by atoms with Gasteiger partial charge in [0.15, 0.2) is 5.78 Å². The molecule has 3 aromatic rings. The van der Waals surface area contributed by atoms with E-state index in [0.717, 1.165) is 10.5 Å². The summed E-state index contributed by atoms with van der Waals surface area (Å²) in [5.74, 6) is 0.0903. The van der Waals surface area contributed by atoms with E-state index in [4.69, 9.17) is 17.3 Å². The summed E-state index contributed by atoms with van der Waals surface area (Å²) in [5, 5.41) is 0.557. The van der Waals surface area contributed by atoms with Gasteiger partial charge in [-0.15, -0.1) is 11.8 Å². The number of nitrogen functional groups attached to an aromatic ring is 1. The number of carbonyl (C=O) groups is 1. The Labute approximate surface area is 157 Å². The van der Waals surface area contributed by atoms with Gasteiger partial charge in [0.05, 0.1) is 0 Å². The van der Waals surface area contributed by atoms with Crippen LogP contribution in [0.25, 0.3) is 0 Å². The third-order valence-corrected chi connectivity index (χ3v) is 5.58. The van der Waals surface area contributed by atoms with Crippen LogP contribution in [0.5, 0.6) is 0 Å². The van der Waals surface area contributed by atoms with E-state index in [1.165, 1.54) is 0 Å². The van der Waals surface area contributed by atoms with Gasteiger partial charge in [0.25, 0.3) is 0 Å².